The van der Waals surface area contributed by atoms with E-state index in [0.29, 0.717) is 6.42 Å². The first kappa shape index (κ1) is 9.69. The number of aliphatic carboxylic acids is 1. The minimum absolute atomic E-state index is 0.227. The van der Waals surface area contributed by atoms with Crippen molar-refractivity contribution in [3.8, 4) is 0 Å². The van der Waals surface area contributed by atoms with Crippen LogP contribution in [0.4, 0.5) is 0 Å². The molecule has 0 aliphatic carbocycles. The number of carboxylic acids is 1. The largest absolute Gasteiger partial charge is 0.481 e. The van der Waals surface area contributed by atoms with Crippen LogP contribution >= 0.6 is 15.9 Å². The Hall–Kier alpha value is -0.310. The van der Waals surface area contributed by atoms with Crippen molar-refractivity contribution in [1.29, 1.82) is 0 Å². The molecule has 0 aromatic carbocycles. The van der Waals surface area contributed by atoms with Crippen molar-refractivity contribution in [1.82, 2.24) is 0 Å². The monoisotopic (exact) mass is 206 g/mol. The molecule has 2 nitrogen and oxygen atoms in total. The number of hydrogen-bond donors (Lipinski definition) is 1. The number of carbonyl (C=O) groups is 1. The van der Waals surface area contributed by atoms with E-state index in [1.807, 2.05) is 13.0 Å². The molecule has 0 aromatic heterocycles. The van der Waals surface area contributed by atoms with E-state index in [2.05, 4.69) is 15.9 Å². The number of alkyl halides is 1. The molecule has 0 amide bonds. The fraction of sp³-hybridized carbons (Fsp3) is 0.571. The van der Waals surface area contributed by atoms with Crippen molar-refractivity contribution in [3.63, 3.8) is 0 Å². The van der Waals surface area contributed by atoms with E-state index in [1.54, 1.807) is 0 Å². The van der Waals surface area contributed by atoms with Crippen molar-refractivity contribution in [2.45, 2.75) is 19.8 Å². The van der Waals surface area contributed by atoms with Crippen molar-refractivity contribution >= 4 is 21.9 Å². The molecule has 0 atom stereocenters. The molecule has 0 radical (unpaired) electrons. The Labute approximate surface area is 69.1 Å². The van der Waals surface area contributed by atoms with Crippen LogP contribution in [0, 0.1) is 0 Å². The lowest BCUT2D eigenvalue weighted by molar-refractivity contribution is -0.136. The summed E-state index contributed by atoms with van der Waals surface area (Å²) in [4.78, 5) is 10.0. The van der Waals surface area contributed by atoms with E-state index in [1.165, 1.54) is 5.57 Å². The topological polar surface area (TPSA) is 37.3 Å². The number of allylic oxidation sites excluding steroid dienone is 2. The minimum Gasteiger partial charge on any atom is -0.481 e. The molecule has 0 bridgehead atoms. The Balaban J connectivity index is 3.43. The van der Waals surface area contributed by atoms with Crippen LogP contribution in [0.15, 0.2) is 11.6 Å². The molecule has 0 fully saturated rings. The molecular weight excluding hydrogens is 196 g/mol. The summed E-state index contributed by atoms with van der Waals surface area (Å²) in [6, 6.07) is 0. The van der Waals surface area contributed by atoms with Crippen LogP contribution < -0.4 is 0 Å². The SMILES string of the molecule is CC(=CCCC(=O)O)CBr. The van der Waals surface area contributed by atoms with Crippen molar-refractivity contribution in [2.75, 3.05) is 5.33 Å². The van der Waals surface area contributed by atoms with Gasteiger partial charge in [0.15, 0.2) is 0 Å². The number of hydrogen-bond acceptors (Lipinski definition) is 1. The van der Waals surface area contributed by atoms with E-state index in [9.17, 15) is 4.79 Å². The summed E-state index contributed by atoms with van der Waals surface area (Å²) in [6.07, 6.45) is 2.79. The number of carboxylic acid groups (broad SMARTS) is 1. The summed E-state index contributed by atoms with van der Waals surface area (Å²) in [6.45, 7) is 1.97. The smallest absolute Gasteiger partial charge is 0.303 e. The summed E-state index contributed by atoms with van der Waals surface area (Å²) >= 11 is 3.27. The summed E-state index contributed by atoms with van der Waals surface area (Å²) in [5.41, 5.74) is 1.18. The highest BCUT2D eigenvalue weighted by Gasteiger charge is 1.92. The van der Waals surface area contributed by atoms with Crippen LogP contribution in [-0.2, 0) is 4.79 Å². The first-order chi connectivity index (χ1) is 4.66. The highest BCUT2D eigenvalue weighted by molar-refractivity contribution is 9.09. The zero-order valence-corrected chi connectivity index (χ0v) is 7.52. The Bertz CT molecular complexity index is 141. The van der Waals surface area contributed by atoms with E-state index in [-0.39, 0.29) is 6.42 Å². The minimum atomic E-state index is -0.737. The Kier molecular flexibility index (Phi) is 5.30. The third-order valence-electron chi connectivity index (χ3n) is 1.06. The van der Waals surface area contributed by atoms with E-state index < -0.39 is 5.97 Å². The number of rotatable bonds is 4. The first-order valence-corrected chi connectivity index (χ1v) is 4.22. The predicted octanol–water partition coefficient (Wildman–Crippen LogP) is 2.19. The van der Waals surface area contributed by atoms with E-state index in [4.69, 9.17) is 5.11 Å². The molecule has 10 heavy (non-hydrogen) atoms. The average molecular weight is 207 g/mol. The third-order valence-corrected chi connectivity index (χ3v) is 1.95. The standard InChI is InChI=1S/C7H11BrO2/c1-6(5-8)3-2-4-7(9)10/h3H,2,4-5H2,1H3,(H,9,10). The molecule has 0 aliphatic heterocycles. The average Bonchev–Trinajstić information content (AvgIpc) is 1.87. The van der Waals surface area contributed by atoms with Gasteiger partial charge in [0.25, 0.3) is 0 Å². The predicted molar refractivity (Wildman–Crippen MR) is 44.4 cm³/mol. The van der Waals surface area contributed by atoms with Crippen molar-refractivity contribution < 1.29 is 9.90 Å². The molecule has 0 saturated carbocycles. The van der Waals surface area contributed by atoms with Crippen LogP contribution in [0.3, 0.4) is 0 Å². The van der Waals surface area contributed by atoms with Gasteiger partial charge < -0.3 is 5.11 Å². The highest BCUT2D eigenvalue weighted by atomic mass is 79.9. The van der Waals surface area contributed by atoms with Crippen molar-refractivity contribution in [3.05, 3.63) is 11.6 Å². The van der Waals surface area contributed by atoms with Gasteiger partial charge in [-0.2, -0.15) is 0 Å². The molecule has 58 valence electrons. The first-order valence-electron chi connectivity index (χ1n) is 3.10. The second-order valence-corrected chi connectivity index (χ2v) is 2.68. The number of halogens is 1. The fourth-order valence-electron chi connectivity index (χ4n) is 0.497. The second-order valence-electron chi connectivity index (χ2n) is 2.12. The van der Waals surface area contributed by atoms with Crippen molar-refractivity contribution in [2.24, 2.45) is 0 Å². The molecular formula is C7H11BrO2. The van der Waals surface area contributed by atoms with Crippen LogP contribution in [0.25, 0.3) is 0 Å². The van der Waals surface area contributed by atoms with Crippen LogP contribution in [0.5, 0.6) is 0 Å². The normalized spacial score (nSPS) is 11.6. The molecule has 0 aromatic rings. The quantitative estimate of drug-likeness (QED) is 0.566. The third kappa shape index (κ3) is 5.82. The Morgan fingerprint density at radius 2 is 2.30 bits per heavy atom. The summed E-state index contributed by atoms with van der Waals surface area (Å²) < 4.78 is 0. The molecule has 0 unspecified atom stereocenters. The summed E-state index contributed by atoms with van der Waals surface area (Å²) in [7, 11) is 0. The van der Waals surface area contributed by atoms with E-state index >= 15 is 0 Å². The van der Waals surface area contributed by atoms with Gasteiger partial charge in [-0.15, -0.1) is 0 Å². The molecule has 1 N–H and O–H groups in total. The lowest BCUT2D eigenvalue weighted by atomic mass is 10.2. The molecule has 0 spiro atoms. The fourth-order valence-corrected chi connectivity index (χ4v) is 0.726. The van der Waals surface area contributed by atoms with Gasteiger partial charge in [0, 0.05) is 11.8 Å². The van der Waals surface area contributed by atoms with Gasteiger partial charge in [0.05, 0.1) is 0 Å². The maximum atomic E-state index is 10.0. The van der Waals surface area contributed by atoms with Crippen LogP contribution in [0.2, 0.25) is 0 Å². The summed E-state index contributed by atoms with van der Waals surface area (Å²) in [5, 5.41) is 9.08. The molecule has 0 saturated heterocycles. The maximum Gasteiger partial charge on any atom is 0.303 e. The zero-order valence-electron chi connectivity index (χ0n) is 5.93. The van der Waals surface area contributed by atoms with Gasteiger partial charge in [-0.3, -0.25) is 4.79 Å². The zero-order chi connectivity index (χ0) is 7.98. The molecule has 0 rings (SSSR count). The van der Waals surface area contributed by atoms with Gasteiger partial charge in [-0.05, 0) is 13.3 Å². The van der Waals surface area contributed by atoms with Crippen LogP contribution in [-0.4, -0.2) is 16.4 Å². The van der Waals surface area contributed by atoms with Gasteiger partial charge in [0.2, 0.25) is 0 Å². The lowest BCUT2D eigenvalue weighted by Gasteiger charge is -1.91. The molecule has 0 aliphatic rings. The second kappa shape index (κ2) is 5.47. The van der Waals surface area contributed by atoms with E-state index in [0.717, 1.165) is 5.33 Å². The highest BCUT2D eigenvalue weighted by Crippen LogP contribution is 2.01. The van der Waals surface area contributed by atoms with Gasteiger partial charge in [0.1, 0.15) is 0 Å². The van der Waals surface area contributed by atoms with Crippen LogP contribution in [0.1, 0.15) is 19.8 Å². The molecule has 3 heteroatoms. The lowest BCUT2D eigenvalue weighted by Crippen LogP contribution is -1.92. The van der Waals surface area contributed by atoms with Gasteiger partial charge in [-0.1, -0.05) is 27.6 Å². The van der Waals surface area contributed by atoms with Gasteiger partial charge in [-0.25, -0.2) is 0 Å². The molecule has 0 heterocycles. The summed E-state index contributed by atoms with van der Waals surface area (Å²) in [5.74, 6) is -0.737. The Morgan fingerprint density at radius 1 is 1.70 bits per heavy atom. The Morgan fingerprint density at radius 3 is 2.70 bits per heavy atom. The van der Waals surface area contributed by atoms with Gasteiger partial charge >= 0.3 is 5.97 Å². The maximum absolute atomic E-state index is 10.0.